The van der Waals surface area contributed by atoms with Crippen LogP contribution in [0.3, 0.4) is 0 Å². The maximum Gasteiger partial charge on any atom is 0.240 e. The van der Waals surface area contributed by atoms with Crippen LogP contribution >= 0.6 is 0 Å². The van der Waals surface area contributed by atoms with Crippen molar-refractivity contribution in [3.05, 3.63) is 11.7 Å². The summed E-state index contributed by atoms with van der Waals surface area (Å²) in [5, 5.41) is 7.12. The smallest absolute Gasteiger partial charge is 0.240 e. The van der Waals surface area contributed by atoms with Crippen LogP contribution in [0, 0.1) is 0 Å². The Morgan fingerprint density at radius 3 is 2.69 bits per heavy atom. The van der Waals surface area contributed by atoms with Crippen molar-refractivity contribution in [2.45, 2.75) is 46.3 Å². The summed E-state index contributed by atoms with van der Waals surface area (Å²) in [4.78, 5) is 4.34. The van der Waals surface area contributed by atoms with Crippen LogP contribution in [-0.4, -0.2) is 23.3 Å². The Morgan fingerprint density at radius 1 is 1.38 bits per heavy atom. The van der Waals surface area contributed by atoms with Gasteiger partial charge in [0.2, 0.25) is 11.7 Å². The van der Waals surface area contributed by atoms with Gasteiger partial charge >= 0.3 is 0 Å². The summed E-state index contributed by atoms with van der Waals surface area (Å²) in [6.45, 7) is 10.2. The van der Waals surface area contributed by atoms with E-state index in [1.54, 1.807) is 0 Å². The number of hydrogen-bond donors (Lipinski definition) is 1. The largest absolute Gasteiger partial charge is 0.367 e. The standard InChI is InChI=1S/C11H21N3O2/c1-5-11(4,15-7-3)10-13-9(16-14-10)8-12-6-2/h12H,5-8H2,1-4H3. The molecule has 0 aliphatic rings. The predicted octanol–water partition coefficient (Wildman–Crippen LogP) is 1.84. The van der Waals surface area contributed by atoms with E-state index in [0.717, 1.165) is 13.0 Å². The first kappa shape index (κ1) is 13.1. The third-order valence-electron chi connectivity index (χ3n) is 2.60. The molecule has 1 rings (SSSR count). The average Bonchev–Trinajstić information content (AvgIpc) is 2.75. The minimum Gasteiger partial charge on any atom is -0.367 e. The van der Waals surface area contributed by atoms with Crippen LogP contribution in [0.25, 0.3) is 0 Å². The molecule has 0 spiro atoms. The van der Waals surface area contributed by atoms with E-state index in [9.17, 15) is 0 Å². The molecule has 0 aromatic carbocycles. The van der Waals surface area contributed by atoms with Crippen molar-refractivity contribution in [2.24, 2.45) is 0 Å². The highest BCUT2D eigenvalue weighted by molar-refractivity contribution is 4.99. The van der Waals surface area contributed by atoms with Gasteiger partial charge in [-0.05, 0) is 26.8 Å². The molecule has 92 valence electrons. The topological polar surface area (TPSA) is 60.2 Å². The molecule has 1 aromatic heterocycles. The first-order chi connectivity index (χ1) is 7.66. The number of aromatic nitrogens is 2. The molecular formula is C11H21N3O2. The lowest BCUT2D eigenvalue weighted by molar-refractivity contribution is -0.0403. The number of nitrogens with one attached hydrogen (secondary N) is 1. The monoisotopic (exact) mass is 227 g/mol. The summed E-state index contributed by atoms with van der Waals surface area (Å²) in [5.74, 6) is 1.24. The Hall–Kier alpha value is -0.940. The van der Waals surface area contributed by atoms with Crippen molar-refractivity contribution in [1.82, 2.24) is 15.5 Å². The van der Waals surface area contributed by atoms with Crippen LogP contribution in [0.4, 0.5) is 0 Å². The summed E-state index contributed by atoms with van der Waals surface area (Å²) in [6, 6.07) is 0. The van der Waals surface area contributed by atoms with Crippen LogP contribution in [0.15, 0.2) is 4.52 Å². The summed E-state index contributed by atoms with van der Waals surface area (Å²) >= 11 is 0. The van der Waals surface area contributed by atoms with Crippen LogP contribution in [0.5, 0.6) is 0 Å². The van der Waals surface area contributed by atoms with Gasteiger partial charge < -0.3 is 14.6 Å². The molecular weight excluding hydrogens is 206 g/mol. The fourth-order valence-electron chi connectivity index (χ4n) is 1.42. The minimum atomic E-state index is -0.442. The molecule has 0 saturated carbocycles. The van der Waals surface area contributed by atoms with Crippen LogP contribution in [0.1, 0.15) is 45.8 Å². The van der Waals surface area contributed by atoms with Crippen LogP contribution in [0.2, 0.25) is 0 Å². The molecule has 1 aromatic rings. The first-order valence-corrected chi connectivity index (χ1v) is 5.84. The predicted molar refractivity (Wildman–Crippen MR) is 60.9 cm³/mol. The molecule has 0 fully saturated rings. The summed E-state index contributed by atoms with van der Waals surface area (Å²) in [5.41, 5.74) is -0.442. The Balaban J connectivity index is 2.74. The average molecular weight is 227 g/mol. The normalized spacial score (nSPS) is 15.0. The first-order valence-electron chi connectivity index (χ1n) is 5.84. The number of nitrogens with zero attached hydrogens (tertiary/aromatic N) is 2. The van der Waals surface area contributed by atoms with Gasteiger partial charge in [-0.15, -0.1) is 0 Å². The second kappa shape index (κ2) is 5.96. The number of rotatable bonds is 7. The molecule has 0 amide bonds. The zero-order valence-corrected chi connectivity index (χ0v) is 10.5. The minimum absolute atomic E-state index is 0.442. The van der Waals surface area contributed by atoms with E-state index >= 15 is 0 Å². The van der Waals surface area contributed by atoms with Crippen molar-refractivity contribution in [3.8, 4) is 0 Å². The second-order valence-corrected chi connectivity index (χ2v) is 3.81. The number of hydrogen-bond acceptors (Lipinski definition) is 5. The van der Waals surface area contributed by atoms with Gasteiger partial charge in [-0.3, -0.25) is 0 Å². The van der Waals surface area contributed by atoms with E-state index in [1.165, 1.54) is 0 Å². The van der Waals surface area contributed by atoms with Gasteiger partial charge in [0.1, 0.15) is 5.60 Å². The Morgan fingerprint density at radius 2 is 2.12 bits per heavy atom. The molecule has 16 heavy (non-hydrogen) atoms. The Kier molecular flexibility index (Phi) is 4.89. The molecule has 1 atom stereocenters. The summed E-state index contributed by atoms with van der Waals surface area (Å²) in [6.07, 6.45) is 0.820. The quantitative estimate of drug-likeness (QED) is 0.770. The Labute approximate surface area is 96.6 Å². The van der Waals surface area contributed by atoms with E-state index in [1.807, 2.05) is 20.8 Å². The van der Waals surface area contributed by atoms with Crippen LogP contribution in [-0.2, 0) is 16.9 Å². The highest BCUT2D eigenvalue weighted by atomic mass is 16.5. The van der Waals surface area contributed by atoms with Gasteiger partial charge in [-0.25, -0.2) is 0 Å². The SMILES string of the molecule is CCNCc1nc(C(C)(CC)OCC)no1. The van der Waals surface area contributed by atoms with Gasteiger partial charge in [0.15, 0.2) is 0 Å². The van der Waals surface area contributed by atoms with E-state index in [2.05, 4.69) is 22.4 Å². The van der Waals surface area contributed by atoms with Crippen molar-refractivity contribution < 1.29 is 9.26 Å². The summed E-state index contributed by atoms with van der Waals surface area (Å²) < 4.78 is 10.8. The highest BCUT2D eigenvalue weighted by Gasteiger charge is 2.30. The van der Waals surface area contributed by atoms with Gasteiger partial charge in [-0.2, -0.15) is 4.98 Å². The maximum atomic E-state index is 5.68. The maximum absolute atomic E-state index is 5.68. The highest BCUT2D eigenvalue weighted by Crippen LogP contribution is 2.26. The third-order valence-corrected chi connectivity index (χ3v) is 2.60. The van der Waals surface area contributed by atoms with Gasteiger partial charge in [0.05, 0.1) is 6.54 Å². The van der Waals surface area contributed by atoms with E-state index in [-0.39, 0.29) is 0 Å². The molecule has 0 aliphatic heterocycles. The van der Waals surface area contributed by atoms with E-state index in [0.29, 0.717) is 24.9 Å². The fourth-order valence-corrected chi connectivity index (χ4v) is 1.42. The molecule has 0 aliphatic carbocycles. The molecule has 5 nitrogen and oxygen atoms in total. The van der Waals surface area contributed by atoms with E-state index in [4.69, 9.17) is 9.26 Å². The van der Waals surface area contributed by atoms with Crippen LogP contribution < -0.4 is 5.32 Å². The van der Waals surface area contributed by atoms with Crippen molar-refractivity contribution >= 4 is 0 Å². The Bertz CT molecular complexity index is 314. The lowest BCUT2D eigenvalue weighted by Crippen LogP contribution is -2.26. The third kappa shape index (κ3) is 3.02. The molecule has 0 saturated heterocycles. The number of ether oxygens (including phenoxy) is 1. The van der Waals surface area contributed by atoms with Crippen molar-refractivity contribution in [3.63, 3.8) is 0 Å². The van der Waals surface area contributed by atoms with Crippen molar-refractivity contribution in [2.75, 3.05) is 13.2 Å². The molecule has 5 heteroatoms. The molecule has 0 bridgehead atoms. The molecule has 1 unspecified atom stereocenters. The van der Waals surface area contributed by atoms with Gasteiger partial charge in [0, 0.05) is 6.61 Å². The fraction of sp³-hybridized carbons (Fsp3) is 0.818. The zero-order chi connectivity index (χ0) is 12.0. The molecule has 0 radical (unpaired) electrons. The van der Waals surface area contributed by atoms with Crippen molar-refractivity contribution in [1.29, 1.82) is 0 Å². The summed E-state index contributed by atoms with van der Waals surface area (Å²) in [7, 11) is 0. The molecule has 1 N–H and O–H groups in total. The van der Waals surface area contributed by atoms with E-state index < -0.39 is 5.60 Å². The molecule has 1 heterocycles. The lowest BCUT2D eigenvalue weighted by Gasteiger charge is -2.23. The second-order valence-electron chi connectivity index (χ2n) is 3.81. The zero-order valence-electron chi connectivity index (χ0n) is 10.5. The van der Waals surface area contributed by atoms with Gasteiger partial charge in [-0.1, -0.05) is 19.0 Å². The van der Waals surface area contributed by atoms with Gasteiger partial charge in [0.25, 0.3) is 0 Å². The lowest BCUT2D eigenvalue weighted by atomic mass is 10.0.